The van der Waals surface area contributed by atoms with E-state index in [9.17, 15) is 0 Å². The van der Waals surface area contributed by atoms with Gasteiger partial charge in [0, 0.05) is 36.0 Å². The highest BCUT2D eigenvalue weighted by Crippen LogP contribution is 2.35. The number of ether oxygens (including phenoxy) is 2. The maximum absolute atomic E-state index is 5.93. The fourth-order valence-electron chi connectivity index (χ4n) is 4.74. The number of rotatable bonds is 4. The molecule has 29 heavy (non-hydrogen) atoms. The van der Waals surface area contributed by atoms with E-state index in [-0.39, 0.29) is 0 Å². The van der Waals surface area contributed by atoms with Crippen molar-refractivity contribution in [2.24, 2.45) is 5.92 Å². The number of benzene rings is 2. The number of methoxy groups -OCH3 is 1. The summed E-state index contributed by atoms with van der Waals surface area (Å²) in [5.41, 5.74) is 1.97. The van der Waals surface area contributed by atoms with E-state index in [4.69, 9.17) is 9.47 Å². The molecule has 1 unspecified atom stereocenters. The van der Waals surface area contributed by atoms with Crippen molar-refractivity contribution in [1.82, 2.24) is 10.2 Å². The molecule has 150 valence electrons. The zero-order valence-electron chi connectivity index (χ0n) is 16.9. The SMILES string of the molecule is COc1ccc(-c2nnc(N3CCC(C4CCCO4)CC3)c3ccccc23)cc1. The van der Waals surface area contributed by atoms with Crippen molar-refractivity contribution in [3.63, 3.8) is 0 Å². The van der Waals surface area contributed by atoms with E-state index in [1.54, 1.807) is 7.11 Å². The number of nitrogens with zero attached hydrogens (tertiary/aromatic N) is 3. The Balaban J connectivity index is 1.43. The molecule has 3 heterocycles. The van der Waals surface area contributed by atoms with Crippen LogP contribution < -0.4 is 9.64 Å². The third kappa shape index (κ3) is 3.55. The van der Waals surface area contributed by atoms with Crippen LogP contribution in [0.4, 0.5) is 5.82 Å². The van der Waals surface area contributed by atoms with Crippen LogP contribution in [0.15, 0.2) is 48.5 Å². The molecular weight excluding hydrogens is 362 g/mol. The lowest BCUT2D eigenvalue weighted by Gasteiger charge is -2.35. The number of fused-ring (bicyclic) bond motifs is 1. The Morgan fingerprint density at radius 2 is 1.69 bits per heavy atom. The largest absolute Gasteiger partial charge is 0.497 e. The molecule has 1 aromatic heterocycles. The summed E-state index contributed by atoms with van der Waals surface area (Å²) in [5, 5.41) is 11.6. The summed E-state index contributed by atoms with van der Waals surface area (Å²) < 4.78 is 11.2. The molecule has 0 amide bonds. The van der Waals surface area contributed by atoms with E-state index >= 15 is 0 Å². The Kier molecular flexibility index (Phi) is 5.06. The molecule has 5 rings (SSSR count). The maximum Gasteiger partial charge on any atom is 0.159 e. The van der Waals surface area contributed by atoms with Crippen molar-refractivity contribution in [2.75, 3.05) is 31.7 Å². The number of aromatic nitrogens is 2. The molecule has 5 nitrogen and oxygen atoms in total. The van der Waals surface area contributed by atoms with Gasteiger partial charge < -0.3 is 14.4 Å². The highest BCUT2D eigenvalue weighted by atomic mass is 16.5. The normalized spacial score (nSPS) is 20.3. The Hall–Kier alpha value is -2.66. The standard InChI is InChI=1S/C24H27N3O2/c1-28-19-10-8-18(9-11-19)23-20-5-2-3-6-21(20)24(26-25-23)27-14-12-17(13-15-27)22-7-4-16-29-22/h2-3,5-6,8-11,17,22H,4,7,12-16H2,1H3. The molecule has 3 aromatic rings. The van der Waals surface area contributed by atoms with Crippen LogP contribution in [0.5, 0.6) is 5.75 Å². The Morgan fingerprint density at radius 1 is 0.931 bits per heavy atom. The van der Waals surface area contributed by atoms with Crippen LogP contribution in [-0.4, -0.2) is 43.1 Å². The molecule has 2 aromatic carbocycles. The lowest BCUT2D eigenvalue weighted by Crippen LogP contribution is -2.38. The minimum Gasteiger partial charge on any atom is -0.497 e. The molecule has 0 saturated carbocycles. The first-order chi connectivity index (χ1) is 14.3. The topological polar surface area (TPSA) is 47.5 Å². The molecule has 0 radical (unpaired) electrons. The summed E-state index contributed by atoms with van der Waals surface area (Å²) in [4.78, 5) is 2.40. The first-order valence-corrected chi connectivity index (χ1v) is 10.6. The molecular formula is C24H27N3O2. The van der Waals surface area contributed by atoms with Crippen molar-refractivity contribution in [2.45, 2.75) is 31.8 Å². The van der Waals surface area contributed by atoms with E-state index in [1.165, 1.54) is 31.1 Å². The second-order valence-corrected chi connectivity index (χ2v) is 8.02. The molecule has 0 N–H and O–H groups in total. The zero-order valence-corrected chi connectivity index (χ0v) is 16.9. The van der Waals surface area contributed by atoms with Crippen LogP contribution in [0.3, 0.4) is 0 Å². The van der Waals surface area contributed by atoms with Gasteiger partial charge in [-0.1, -0.05) is 24.3 Å². The second kappa shape index (κ2) is 7.99. The van der Waals surface area contributed by atoms with Crippen LogP contribution >= 0.6 is 0 Å². The summed E-state index contributed by atoms with van der Waals surface area (Å²) in [5.74, 6) is 2.53. The summed E-state index contributed by atoms with van der Waals surface area (Å²) in [6, 6.07) is 16.5. The molecule has 5 heteroatoms. The third-order valence-corrected chi connectivity index (χ3v) is 6.36. The van der Waals surface area contributed by atoms with Crippen molar-refractivity contribution in [3.8, 4) is 17.0 Å². The second-order valence-electron chi connectivity index (χ2n) is 8.02. The van der Waals surface area contributed by atoms with E-state index in [0.29, 0.717) is 12.0 Å². The van der Waals surface area contributed by atoms with E-state index in [0.717, 1.165) is 47.9 Å². The molecule has 2 fully saturated rings. The molecule has 1 atom stereocenters. The van der Waals surface area contributed by atoms with Crippen LogP contribution in [0.1, 0.15) is 25.7 Å². The van der Waals surface area contributed by atoms with E-state index < -0.39 is 0 Å². The van der Waals surface area contributed by atoms with Gasteiger partial charge in [0.05, 0.1) is 13.2 Å². The van der Waals surface area contributed by atoms with Gasteiger partial charge in [0.2, 0.25) is 0 Å². The monoisotopic (exact) mass is 389 g/mol. The van der Waals surface area contributed by atoms with E-state index in [1.807, 2.05) is 24.3 Å². The molecule has 0 aliphatic carbocycles. The zero-order chi connectivity index (χ0) is 19.6. The molecule has 2 aliphatic heterocycles. The van der Waals surface area contributed by atoms with Gasteiger partial charge >= 0.3 is 0 Å². The predicted molar refractivity (Wildman–Crippen MR) is 115 cm³/mol. The van der Waals surface area contributed by atoms with Gasteiger partial charge in [0.15, 0.2) is 5.82 Å². The van der Waals surface area contributed by atoms with Crippen LogP contribution in [0.2, 0.25) is 0 Å². The number of anilines is 1. The maximum atomic E-state index is 5.93. The summed E-state index contributed by atoms with van der Waals surface area (Å²) in [6.07, 6.45) is 5.25. The van der Waals surface area contributed by atoms with Gasteiger partial charge in [-0.05, 0) is 55.9 Å². The van der Waals surface area contributed by atoms with Crippen molar-refractivity contribution in [1.29, 1.82) is 0 Å². The summed E-state index contributed by atoms with van der Waals surface area (Å²) >= 11 is 0. The molecule has 0 bridgehead atoms. The van der Waals surface area contributed by atoms with Gasteiger partial charge in [0.25, 0.3) is 0 Å². The first-order valence-electron chi connectivity index (χ1n) is 10.6. The third-order valence-electron chi connectivity index (χ3n) is 6.36. The Labute approximate surface area is 171 Å². The van der Waals surface area contributed by atoms with Crippen molar-refractivity contribution in [3.05, 3.63) is 48.5 Å². The van der Waals surface area contributed by atoms with E-state index in [2.05, 4.69) is 39.4 Å². The molecule has 0 spiro atoms. The minimum atomic E-state index is 0.470. The van der Waals surface area contributed by atoms with Crippen LogP contribution in [0, 0.1) is 5.92 Å². The van der Waals surface area contributed by atoms with Gasteiger partial charge in [-0.2, -0.15) is 0 Å². The summed E-state index contributed by atoms with van der Waals surface area (Å²) in [7, 11) is 1.68. The van der Waals surface area contributed by atoms with Gasteiger partial charge in [-0.3, -0.25) is 0 Å². The lowest BCUT2D eigenvalue weighted by molar-refractivity contribution is 0.0531. The average molecular weight is 389 g/mol. The van der Waals surface area contributed by atoms with Crippen LogP contribution in [-0.2, 0) is 4.74 Å². The fraction of sp³-hybridized carbons (Fsp3) is 0.417. The quantitative estimate of drug-likeness (QED) is 0.647. The number of hydrogen-bond acceptors (Lipinski definition) is 5. The van der Waals surface area contributed by atoms with Crippen molar-refractivity contribution < 1.29 is 9.47 Å². The number of piperidine rings is 1. The molecule has 2 saturated heterocycles. The fourth-order valence-corrected chi connectivity index (χ4v) is 4.74. The van der Waals surface area contributed by atoms with Gasteiger partial charge in [0.1, 0.15) is 11.4 Å². The van der Waals surface area contributed by atoms with Gasteiger partial charge in [-0.15, -0.1) is 10.2 Å². The summed E-state index contributed by atoms with van der Waals surface area (Å²) in [6.45, 7) is 2.98. The minimum absolute atomic E-state index is 0.470. The smallest absolute Gasteiger partial charge is 0.159 e. The Morgan fingerprint density at radius 3 is 2.38 bits per heavy atom. The first kappa shape index (κ1) is 18.4. The Bertz CT molecular complexity index is 975. The highest BCUT2D eigenvalue weighted by Gasteiger charge is 2.30. The average Bonchev–Trinajstić information content (AvgIpc) is 3.34. The van der Waals surface area contributed by atoms with Crippen LogP contribution in [0.25, 0.3) is 22.0 Å². The van der Waals surface area contributed by atoms with Crippen molar-refractivity contribution >= 4 is 16.6 Å². The highest BCUT2D eigenvalue weighted by molar-refractivity contribution is 6.00. The lowest BCUT2D eigenvalue weighted by atomic mass is 9.89. The van der Waals surface area contributed by atoms with Gasteiger partial charge in [-0.25, -0.2) is 0 Å². The number of hydrogen-bond donors (Lipinski definition) is 0. The molecule has 2 aliphatic rings. The predicted octanol–water partition coefficient (Wildman–Crippen LogP) is 4.70.